The minimum atomic E-state index is -1.36. The molecule has 9 nitrogen and oxygen atoms in total. The summed E-state index contributed by atoms with van der Waals surface area (Å²) in [6.07, 6.45) is 2.54. The van der Waals surface area contributed by atoms with Crippen molar-refractivity contribution in [2.24, 2.45) is 0 Å². The number of ether oxygens (including phenoxy) is 2. The van der Waals surface area contributed by atoms with Crippen molar-refractivity contribution in [1.82, 2.24) is 14.9 Å². The molecule has 1 aliphatic rings. The summed E-state index contributed by atoms with van der Waals surface area (Å²) in [5.74, 6) is -0.238. The summed E-state index contributed by atoms with van der Waals surface area (Å²) >= 11 is 6.03. The molecule has 0 atom stereocenters. The maximum Gasteiger partial charge on any atom is 0.247 e. The zero-order chi connectivity index (χ0) is 26.6. The Hall–Kier alpha value is -3.31. The molecule has 3 aromatic rings. The number of halogens is 2. The average Bonchev–Trinajstić information content (AvgIpc) is 2.86. The molecule has 1 aliphatic heterocycles. The number of morpholine rings is 1. The quantitative estimate of drug-likeness (QED) is 0.353. The SMILES string of the molecule is C=CC(=O)Nc1cc2c(Nc3cc(Cl)c(F)cc3C(C)(C)O)ncnc2cc1OCCN1CCOCC1. The molecule has 1 fully saturated rings. The van der Waals surface area contributed by atoms with Crippen LogP contribution in [-0.4, -0.2) is 65.3 Å². The average molecular weight is 530 g/mol. The zero-order valence-corrected chi connectivity index (χ0v) is 21.4. The van der Waals surface area contributed by atoms with Gasteiger partial charge < -0.3 is 25.2 Å². The predicted molar refractivity (Wildman–Crippen MR) is 141 cm³/mol. The van der Waals surface area contributed by atoms with Crippen molar-refractivity contribution < 1.29 is 23.8 Å². The molecule has 37 heavy (non-hydrogen) atoms. The van der Waals surface area contributed by atoms with Gasteiger partial charge in [0.05, 0.1) is 35.0 Å². The molecule has 1 amide bonds. The normalized spacial score (nSPS) is 14.4. The van der Waals surface area contributed by atoms with Gasteiger partial charge in [0.25, 0.3) is 0 Å². The second kappa shape index (κ2) is 11.4. The molecule has 1 saturated heterocycles. The Bertz CT molecular complexity index is 1310. The number of aliphatic hydroxyl groups is 1. The van der Waals surface area contributed by atoms with Crippen molar-refractivity contribution >= 4 is 45.6 Å². The Morgan fingerprint density at radius 1 is 1.27 bits per heavy atom. The molecular weight excluding hydrogens is 501 g/mol. The first kappa shape index (κ1) is 26.7. The number of carbonyl (C=O) groups is 1. The van der Waals surface area contributed by atoms with Crippen LogP contribution in [-0.2, 0) is 15.1 Å². The monoisotopic (exact) mass is 529 g/mol. The van der Waals surface area contributed by atoms with E-state index in [2.05, 4.69) is 32.1 Å². The lowest BCUT2D eigenvalue weighted by Gasteiger charge is -2.26. The third kappa shape index (κ3) is 6.53. The highest BCUT2D eigenvalue weighted by Gasteiger charge is 2.23. The van der Waals surface area contributed by atoms with Crippen LogP contribution in [0.25, 0.3) is 10.9 Å². The molecule has 11 heteroatoms. The Kier molecular flexibility index (Phi) is 8.23. The summed E-state index contributed by atoms with van der Waals surface area (Å²) in [7, 11) is 0. The van der Waals surface area contributed by atoms with Crippen LogP contribution >= 0.6 is 11.6 Å². The van der Waals surface area contributed by atoms with Gasteiger partial charge in [0.2, 0.25) is 5.91 Å². The highest BCUT2D eigenvalue weighted by Crippen LogP contribution is 2.37. The van der Waals surface area contributed by atoms with E-state index in [0.29, 0.717) is 65.8 Å². The number of fused-ring (bicyclic) bond motifs is 1. The number of carbonyl (C=O) groups excluding carboxylic acids is 1. The smallest absolute Gasteiger partial charge is 0.247 e. The van der Waals surface area contributed by atoms with Crippen molar-refractivity contribution in [1.29, 1.82) is 0 Å². The van der Waals surface area contributed by atoms with Gasteiger partial charge in [0.15, 0.2) is 0 Å². The molecule has 0 bridgehead atoms. The molecule has 2 heterocycles. The van der Waals surface area contributed by atoms with Crippen molar-refractivity contribution in [3.05, 3.63) is 59.7 Å². The van der Waals surface area contributed by atoms with Crippen molar-refractivity contribution in [2.75, 3.05) is 50.1 Å². The molecule has 0 saturated carbocycles. The van der Waals surface area contributed by atoms with Crippen LogP contribution < -0.4 is 15.4 Å². The van der Waals surface area contributed by atoms with Crippen LogP contribution in [0.1, 0.15) is 19.4 Å². The van der Waals surface area contributed by atoms with Crippen LogP contribution in [0.15, 0.2) is 43.2 Å². The van der Waals surface area contributed by atoms with Gasteiger partial charge in [0, 0.05) is 42.3 Å². The lowest BCUT2D eigenvalue weighted by Crippen LogP contribution is -2.38. The third-order valence-electron chi connectivity index (χ3n) is 5.92. The molecule has 0 unspecified atom stereocenters. The minimum Gasteiger partial charge on any atom is -0.490 e. The summed E-state index contributed by atoms with van der Waals surface area (Å²) in [6, 6.07) is 5.98. The van der Waals surface area contributed by atoms with E-state index in [-0.39, 0.29) is 5.02 Å². The highest BCUT2D eigenvalue weighted by molar-refractivity contribution is 6.31. The first-order valence-corrected chi connectivity index (χ1v) is 12.2. The summed E-state index contributed by atoms with van der Waals surface area (Å²) in [4.78, 5) is 23.1. The van der Waals surface area contributed by atoms with Gasteiger partial charge in [-0.2, -0.15) is 0 Å². The number of aromatic nitrogens is 2. The Labute approximate surface area is 219 Å². The molecule has 1 aromatic heterocycles. The summed E-state index contributed by atoms with van der Waals surface area (Å²) in [6.45, 7) is 10.8. The molecule has 4 rings (SSSR count). The van der Waals surface area contributed by atoms with E-state index < -0.39 is 17.3 Å². The van der Waals surface area contributed by atoms with E-state index in [1.165, 1.54) is 24.5 Å². The number of benzene rings is 2. The molecule has 0 radical (unpaired) electrons. The number of rotatable bonds is 9. The van der Waals surface area contributed by atoms with E-state index in [4.69, 9.17) is 21.1 Å². The highest BCUT2D eigenvalue weighted by atomic mass is 35.5. The summed E-state index contributed by atoms with van der Waals surface area (Å²) in [5, 5.41) is 17.0. The Morgan fingerprint density at radius 2 is 2.03 bits per heavy atom. The lowest BCUT2D eigenvalue weighted by molar-refractivity contribution is -0.111. The lowest BCUT2D eigenvalue weighted by atomic mass is 9.96. The van der Waals surface area contributed by atoms with Gasteiger partial charge in [-0.1, -0.05) is 18.2 Å². The first-order chi connectivity index (χ1) is 17.7. The number of hydrogen-bond acceptors (Lipinski definition) is 8. The number of nitrogens with one attached hydrogen (secondary N) is 2. The number of amides is 1. The molecule has 3 N–H and O–H groups in total. The van der Waals surface area contributed by atoms with Gasteiger partial charge in [-0.05, 0) is 38.1 Å². The van der Waals surface area contributed by atoms with Crippen LogP contribution in [0, 0.1) is 5.82 Å². The van der Waals surface area contributed by atoms with Gasteiger partial charge in [-0.15, -0.1) is 0 Å². The molecule has 2 aromatic carbocycles. The van der Waals surface area contributed by atoms with Gasteiger partial charge >= 0.3 is 0 Å². The molecule has 0 aliphatic carbocycles. The fourth-order valence-electron chi connectivity index (χ4n) is 3.98. The standard InChI is InChI=1S/C26H29ClFN5O4/c1-4-24(34)31-22-11-16-20(14-23(22)37-10-7-33-5-8-36-9-6-33)29-15-30-25(16)32-21-13-18(27)19(28)12-17(21)26(2,3)35/h4,11-15,35H,1,5-10H2,2-3H3,(H,31,34)(H,29,30,32). The number of hydrogen-bond donors (Lipinski definition) is 3. The van der Waals surface area contributed by atoms with Crippen molar-refractivity contribution in [3.63, 3.8) is 0 Å². The number of nitrogens with zero attached hydrogens (tertiary/aromatic N) is 3. The molecule has 0 spiro atoms. The third-order valence-corrected chi connectivity index (χ3v) is 6.21. The van der Waals surface area contributed by atoms with E-state index >= 15 is 0 Å². The van der Waals surface area contributed by atoms with Gasteiger partial charge in [0.1, 0.15) is 30.3 Å². The largest absolute Gasteiger partial charge is 0.490 e. The van der Waals surface area contributed by atoms with Gasteiger partial charge in [-0.25, -0.2) is 14.4 Å². The summed E-state index contributed by atoms with van der Waals surface area (Å²) < 4.78 is 25.6. The van der Waals surface area contributed by atoms with Crippen LogP contribution in [0.3, 0.4) is 0 Å². The van der Waals surface area contributed by atoms with E-state index in [9.17, 15) is 14.3 Å². The van der Waals surface area contributed by atoms with Crippen LogP contribution in [0.2, 0.25) is 5.02 Å². The molecule has 196 valence electrons. The van der Waals surface area contributed by atoms with E-state index in [0.717, 1.165) is 13.1 Å². The van der Waals surface area contributed by atoms with Gasteiger partial charge in [-0.3, -0.25) is 9.69 Å². The predicted octanol–water partition coefficient (Wildman–Crippen LogP) is 4.23. The van der Waals surface area contributed by atoms with E-state index in [1.807, 2.05) is 0 Å². The van der Waals surface area contributed by atoms with Crippen LogP contribution in [0.5, 0.6) is 5.75 Å². The Balaban J connectivity index is 1.69. The topological polar surface area (TPSA) is 109 Å². The van der Waals surface area contributed by atoms with E-state index in [1.54, 1.807) is 26.0 Å². The van der Waals surface area contributed by atoms with Crippen LogP contribution in [0.4, 0.5) is 21.6 Å². The minimum absolute atomic E-state index is 0.108. The first-order valence-electron chi connectivity index (χ1n) is 11.8. The van der Waals surface area contributed by atoms with Crippen molar-refractivity contribution in [3.8, 4) is 5.75 Å². The van der Waals surface area contributed by atoms with Crippen molar-refractivity contribution in [2.45, 2.75) is 19.4 Å². The second-order valence-corrected chi connectivity index (χ2v) is 9.49. The fraction of sp³-hybridized carbons (Fsp3) is 0.346. The number of anilines is 3. The fourth-order valence-corrected chi connectivity index (χ4v) is 4.14. The molecular formula is C26H29ClFN5O4. The summed E-state index contributed by atoms with van der Waals surface area (Å²) in [5.41, 5.74) is 0.276. The zero-order valence-electron chi connectivity index (χ0n) is 20.7. The maximum atomic E-state index is 14.2. The Morgan fingerprint density at radius 3 is 2.73 bits per heavy atom. The second-order valence-electron chi connectivity index (χ2n) is 9.08. The maximum absolute atomic E-state index is 14.2.